The lowest BCUT2D eigenvalue weighted by Gasteiger charge is -2.30. The highest BCUT2D eigenvalue weighted by Gasteiger charge is 2.47. The van der Waals surface area contributed by atoms with E-state index in [2.05, 4.69) is 19.7 Å². The van der Waals surface area contributed by atoms with E-state index >= 15 is 0 Å². The Morgan fingerprint density at radius 3 is 2.26 bits per heavy atom. The molecule has 1 aliphatic rings. The van der Waals surface area contributed by atoms with Crippen LogP contribution >= 0.6 is 8.09 Å². The van der Waals surface area contributed by atoms with Crippen molar-refractivity contribution >= 4 is 20.0 Å². The lowest BCUT2D eigenvalue weighted by atomic mass is 9.91. The SMILES string of the molecule is CNC1CCCCC1N[P+](O)(O)OC(=O)C(=O)OC. The van der Waals surface area contributed by atoms with Crippen LogP contribution < -0.4 is 10.4 Å². The summed E-state index contributed by atoms with van der Waals surface area (Å²) in [7, 11) is -1.34. The van der Waals surface area contributed by atoms with Crippen molar-refractivity contribution in [1.29, 1.82) is 0 Å². The number of carbonyl (C=O) groups is 2. The zero-order chi connectivity index (χ0) is 14.5. The molecule has 4 N–H and O–H groups in total. The zero-order valence-electron chi connectivity index (χ0n) is 11.0. The highest BCUT2D eigenvalue weighted by Crippen LogP contribution is 2.48. The lowest BCUT2D eigenvalue weighted by molar-refractivity contribution is -0.161. The van der Waals surface area contributed by atoms with Crippen LogP contribution in [0, 0.1) is 0 Å². The van der Waals surface area contributed by atoms with Crippen molar-refractivity contribution in [2.24, 2.45) is 0 Å². The Bertz CT molecular complexity index is 338. The summed E-state index contributed by atoms with van der Waals surface area (Å²) in [6.07, 6.45) is 3.61. The molecule has 0 aromatic carbocycles. The summed E-state index contributed by atoms with van der Waals surface area (Å²) in [6, 6.07) is -0.170. The molecule has 0 saturated heterocycles. The number of hydrogen-bond acceptors (Lipinski definition) is 8. The first-order valence-corrected chi connectivity index (χ1v) is 7.62. The van der Waals surface area contributed by atoms with Crippen LogP contribution in [0.15, 0.2) is 0 Å². The van der Waals surface area contributed by atoms with Gasteiger partial charge < -0.3 is 10.1 Å². The molecular formula is C10H20N2O6P+. The maximum atomic E-state index is 11.1. The van der Waals surface area contributed by atoms with Gasteiger partial charge in [0, 0.05) is 6.04 Å². The van der Waals surface area contributed by atoms with Crippen LogP contribution in [-0.2, 0) is 18.8 Å². The molecule has 0 radical (unpaired) electrons. The van der Waals surface area contributed by atoms with Gasteiger partial charge in [-0.15, -0.1) is 5.09 Å². The number of esters is 1. The summed E-state index contributed by atoms with van der Waals surface area (Å²) in [5.41, 5.74) is 0. The van der Waals surface area contributed by atoms with E-state index in [0.29, 0.717) is 0 Å². The van der Waals surface area contributed by atoms with Crippen molar-refractivity contribution < 1.29 is 28.6 Å². The zero-order valence-corrected chi connectivity index (χ0v) is 11.9. The van der Waals surface area contributed by atoms with Gasteiger partial charge in [0.2, 0.25) is 0 Å². The summed E-state index contributed by atoms with van der Waals surface area (Å²) < 4.78 is 8.49. The summed E-state index contributed by atoms with van der Waals surface area (Å²) in [6.45, 7) is 0. The van der Waals surface area contributed by atoms with Gasteiger partial charge in [-0.25, -0.2) is 14.1 Å². The predicted molar refractivity (Wildman–Crippen MR) is 67.7 cm³/mol. The highest BCUT2D eigenvalue weighted by molar-refractivity contribution is 7.58. The summed E-state index contributed by atoms with van der Waals surface area (Å²) in [4.78, 5) is 41.3. The van der Waals surface area contributed by atoms with Gasteiger partial charge in [0.05, 0.1) is 13.2 Å². The molecular weight excluding hydrogens is 275 g/mol. The molecule has 110 valence electrons. The molecule has 1 fully saturated rings. The minimum absolute atomic E-state index is 0.0595. The number of rotatable bonds is 4. The second kappa shape index (κ2) is 7.12. The van der Waals surface area contributed by atoms with Gasteiger partial charge in [0.1, 0.15) is 0 Å². The Kier molecular flexibility index (Phi) is 6.09. The van der Waals surface area contributed by atoms with Crippen LogP contribution in [0.4, 0.5) is 0 Å². The lowest BCUT2D eigenvalue weighted by Crippen LogP contribution is -2.48. The normalized spacial score (nSPS) is 23.8. The van der Waals surface area contributed by atoms with Gasteiger partial charge in [-0.05, 0) is 19.9 Å². The van der Waals surface area contributed by atoms with Gasteiger partial charge >= 0.3 is 20.0 Å². The second-order valence-electron chi connectivity index (χ2n) is 4.33. The van der Waals surface area contributed by atoms with Crippen molar-refractivity contribution in [2.45, 2.75) is 37.8 Å². The molecule has 0 aliphatic heterocycles. The average molecular weight is 295 g/mol. The first kappa shape index (κ1) is 16.3. The summed E-state index contributed by atoms with van der Waals surface area (Å²) >= 11 is 0. The highest BCUT2D eigenvalue weighted by atomic mass is 31.2. The van der Waals surface area contributed by atoms with Crippen molar-refractivity contribution in [3.63, 3.8) is 0 Å². The minimum Gasteiger partial charge on any atom is -0.460 e. The summed E-state index contributed by atoms with van der Waals surface area (Å²) in [5, 5.41) is 5.58. The molecule has 0 heterocycles. The van der Waals surface area contributed by atoms with Crippen LogP contribution in [0.25, 0.3) is 0 Å². The van der Waals surface area contributed by atoms with E-state index in [1.165, 1.54) is 0 Å². The Morgan fingerprint density at radius 1 is 1.16 bits per heavy atom. The molecule has 1 rings (SSSR count). The predicted octanol–water partition coefficient (Wildman–Crippen LogP) is -0.515. The van der Waals surface area contributed by atoms with E-state index in [0.717, 1.165) is 32.8 Å². The fourth-order valence-corrected chi connectivity index (χ4v) is 3.21. The molecule has 0 aromatic rings. The van der Waals surface area contributed by atoms with E-state index in [1.807, 2.05) is 0 Å². The average Bonchev–Trinajstić information content (AvgIpc) is 2.37. The van der Waals surface area contributed by atoms with Crippen molar-refractivity contribution in [3.8, 4) is 0 Å². The minimum atomic E-state index is -4.13. The largest absolute Gasteiger partial charge is 0.545 e. The maximum Gasteiger partial charge on any atom is 0.545 e. The third-order valence-electron chi connectivity index (χ3n) is 3.03. The molecule has 1 saturated carbocycles. The van der Waals surface area contributed by atoms with Crippen LogP contribution in [-0.4, -0.2) is 48.0 Å². The second-order valence-corrected chi connectivity index (χ2v) is 5.86. The molecule has 2 unspecified atom stereocenters. The topological polar surface area (TPSA) is 117 Å². The number of methoxy groups -OCH3 is 1. The molecule has 2 atom stereocenters. The maximum absolute atomic E-state index is 11.1. The Labute approximate surface area is 112 Å². The Balaban J connectivity index is 2.57. The molecule has 9 heteroatoms. The van der Waals surface area contributed by atoms with E-state index in [4.69, 9.17) is 0 Å². The van der Waals surface area contributed by atoms with Gasteiger partial charge in [-0.3, -0.25) is 0 Å². The number of carbonyl (C=O) groups excluding carboxylic acids is 2. The van der Waals surface area contributed by atoms with Crippen molar-refractivity contribution in [2.75, 3.05) is 14.2 Å². The molecule has 8 nitrogen and oxygen atoms in total. The number of likely N-dealkylation sites (N-methyl/N-ethyl adjacent to an activating group) is 1. The van der Waals surface area contributed by atoms with Crippen molar-refractivity contribution in [3.05, 3.63) is 0 Å². The van der Waals surface area contributed by atoms with E-state index in [1.54, 1.807) is 7.05 Å². The quantitative estimate of drug-likeness (QED) is 0.311. The first-order chi connectivity index (χ1) is 8.89. The van der Waals surface area contributed by atoms with Gasteiger partial charge in [0.25, 0.3) is 0 Å². The number of ether oxygens (including phenoxy) is 1. The number of hydrogen-bond donors (Lipinski definition) is 4. The monoisotopic (exact) mass is 295 g/mol. The molecule has 0 bridgehead atoms. The van der Waals surface area contributed by atoms with Crippen LogP contribution in [0.3, 0.4) is 0 Å². The van der Waals surface area contributed by atoms with Crippen LogP contribution in [0.1, 0.15) is 25.7 Å². The third kappa shape index (κ3) is 5.00. The van der Waals surface area contributed by atoms with Crippen molar-refractivity contribution in [1.82, 2.24) is 10.4 Å². The smallest absolute Gasteiger partial charge is 0.460 e. The van der Waals surface area contributed by atoms with Gasteiger partial charge in [-0.2, -0.15) is 9.79 Å². The van der Waals surface area contributed by atoms with Gasteiger partial charge in [-0.1, -0.05) is 12.8 Å². The Hall–Kier alpha value is -0.790. The molecule has 0 spiro atoms. The van der Waals surface area contributed by atoms with Crippen LogP contribution in [0.5, 0.6) is 0 Å². The first-order valence-electron chi connectivity index (χ1n) is 6.01. The fraction of sp³-hybridized carbons (Fsp3) is 0.800. The Morgan fingerprint density at radius 2 is 1.74 bits per heavy atom. The molecule has 0 aromatic heterocycles. The standard InChI is InChI=1S/C10H20N2O6P/c1-11-7-5-3-4-6-8(7)12-19(15,16)18-10(14)9(13)17-2/h7-8,11-12,15-16H,3-6H2,1-2H3/q+1. The molecule has 19 heavy (non-hydrogen) atoms. The summed E-state index contributed by atoms with van der Waals surface area (Å²) in [5.74, 6) is -2.70. The number of nitrogens with one attached hydrogen (secondary N) is 2. The fourth-order valence-electron chi connectivity index (χ4n) is 2.11. The molecule has 1 aliphatic carbocycles. The van der Waals surface area contributed by atoms with Gasteiger partial charge in [0.15, 0.2) is 0 Å². The van der Waals surface area contributed by atoms with E-state index < -0.39 is 20.0 Å². The van der Waals surface area contributed by atoms with E-state index in [-0.39, 0.29) is 12.1 Å². The van der Waals surface area contributed by atoms with Crippen LogP contribution in [0.2, 0.25) is 0 Å². The van der Waals surface area contributed by atoms with E-state index in [9.17, 15) is 19.4 Å². The third-order valence-corrected chi connectivity index (χ3v) is 4.12. The molecule has 0 amide bonds.